The Labute approximate surface area is 260 Å². The van der Waals surface area contributed by atoms with Crippen molar-refractivity contribution in [3.05, 3.63) is 0 Å². The lowest BCUT2D eigenvalue weighted by Gasteiger charge is -2.10. The molecule has 260 valence electrons. The van der Waals surface area contributed by atoms with E-state index in [1.54, 1.807) is 0 Å². The molecule has 0 aromatic carbocycles. The quantitative estimate of drug-likeness (QED) is 0.0914. The molecule has 14 heteroatoms. The van der Waals surface area contributed by atoms with E-state index in [1.807, 2.05) is 21.1 Å². The van der Waals surface area contributed by atoms with E-state index >= 15 is 0 Å². The summed E-state index contributed by atoms with van der Waals surface area (Å²) in [5.41, 5.74) is 0. The minimum absolute atomic E-state index is 0.517. The Balaban J connectivity index is 3.03. The van der Waals surface area contributed by atoms with Gasteiger partial charge in [-0.25, -0.2) is 0 Å². The van der Waals surface area contributed by atoms with Gasteiger partial charge in [-0.3, -0.25) is 0 Å². The van der Waals surface area contributed by atoms with Crippen LogP contribution in [-0.4, -0.2) is 198 Å². The molecule has 0 aromatic heterocycles. The SMILES string of the molecule is CNCCOCCOCCOCCOCCOCCOCCOCCOCCOCCOCCOCCOCCN(C)C. The van der Waals surface area contributed by atoms with Gasteiger partial charge in [0.05, 0.1) is 159 Å². The molecule has 0 radical (unpaired) electrons. The van der Waals surface area contributed by atoms with Crippen molar-refractivity contribution in [2.24, 2.45) is 0 Å². The predicted molar refractivity (Wildman–Crippen MR) is 162 cm³/mol. The molecule has 0 saturated heterocycles. The molecule has 14 nitrogen and oxygen atoms in total. The van der Waals surface area contributed by atoms with Crippen molar-refractivity contribution < 1.29 is 56.8 Å². The van der Waals surface area contributed by atoms with Crippen molar-refractivity contribution >= 4 is 0 Å². The Morgan fingerprint density at radius 3 is 0.674 bits per heavy atom. The van der Waals surface area contributed by atoms with Crippen LogP contribution in [0.4, 0.5) is 0 Å². The lowest BCUT2D eigenvalue weighted by atomic mass is 10.6. The molecule has 0 saturated carbocycles. The zero-order valence-corrected chi connectivity index (χ0v) is 27.2. The maximum Gasteiger partial charge on any atom is 0.0701 e. The highest BCUT2D eigenvalue weighted by molar-refractivity contribution is 4.41. The molecule has 0 aliphatic heterocycles. The summed E-state index contributed by atoms with van der Waals surface area (Å²) in [6, 6.07) is 0. The second-order valence-electron chi connectivity index (χ2n) is 9.26. The van der Waals surface area contributed by atoms with Gasteiger partial charge in [0.1, 0.15) is 0 Å². The molecule has 1 N–H and O–H groups in total. The molecular formula is C29H62N2O12. The first-order chi connectivity index (χ1) is 21.3. The highest BCUT2D eigenvalue weighted by Crippen LogP contribution is 1.87. The molecule has 0 heterocycles. The van der Waals surface area contributed by atoms with E-state index in [4.69, 9.17) is 56.8 Å². The second kappa shape index (κ2) is 39.5. The molecule has 43 heavy (non-hydrogen) atoms. The summed E-state index contributed by atoms with van der Waals surface area (Å²) in [6.45, 7) is 15.1. The Kier molecular flexibility index (Phi) is 39.0. The number of rotatable bonds is 39. The van der Waals surface area contributed by atoms with Crippen LogP contribution in [0.15, 0.2) is 0 Å². The molecule has 0 spiro atoms. The van der Waals surface area contributed by atoms with E-state index in [-0.39, 0.29) is 0 Å². The van der Waals surface area contributed by atoms with Crippen LogP contribution in [0.2, 0.25) is 0 Å². The summed E-state index contributed by atoms with van der Waals surface area (Å²) in [7, 11) is 5.94. The van der Waals surface area contributed by atoms with Gasteiger partial charge in [-0.05, 0) is 21.1 Å². The van der Waals surface area contributed by atoms with Crippen LogP contribution < -0.4 is 5.32 Å². The molecule has 0 aliphatic carbocycles. The molecule has 0 fully saturated rings. The van der Waals surface area contributed by atoms with E-state index < -0.39 is 0 Å². The molecular weight excluding hydrogens is 568 g/mol. The average molecular weight is 631 g/mol. The topological polar surface area (TPSA) is 126 Å². The Hall–Kier alpha value is -0.560. The lowest BCUT2D eigenvalue weighted by Crippen LogP contribution is -2.19. The third kappa shape index (κ3) is 41.4. The minimum atomic E-state index is 0.517. The van der Waals surface area contributed by atoms with Crippen molar-refractivity contribution in [3.8, 4) is 0 Å². The predicted octanol–water partition coefficient (Wildman–Crippen LogP) is -0.0334. The van der Waals surface area contributed by atoms with E-state index in [0.717, 1.165) is 19.7 Å². The first kappa shape index (κ1) is 42.4. The van der Waals surface area contributed by atoms with Gasteiger partial charge in [0.2, 0.25) is 0 Å². The molecule has 0 aromatic rings. The fourth-order valence-electron chi connectivity index (χ4n) is 2.94. The molecule has 0 unspecified atom stereocenters. The molecule has 0 amide bonds. The summed E-state index contributed by atoms with van der Waals surface area (Å²) >= 11 is 0. The molecule has 0 bridgehead atoms. The van der Waals surface area contributed by atoms with Crippen molar-refractivity contribution in [1.29, 1.82) is 0 Å². The van der Waals surface area contributed by atoms with Crippen molar-refractivity contribution in [3.63, 3.8) is 0 Å². The fourth-order valence-corrected chi connectivity index (χ4v) is 2.94. The van der Waals surface area contributed by atoms with Gasteiger partial charge in [0, 0.05) is 13.1 Å². The zero-order chi connectivity index (χ0) is 31.2. The second-order valence-corrected chi connectivity index (χ2v) is 9.26. The molecule has 0 atom stereocenters. The highest BCUT2D eigenvalue weighted by Gasteiger charge is 1.97. The van der Waals surface area contributed by atoms with Crippen LogP contribution in [0.1, 0.15) is 0 Å². The average Bonchev–Trinajstić information content (AvgIpc) is 3.00. The van der Waals surface area contributed by atoms with Crippen molar-refractivity contribution in [2.75, 3.05) is 193 Å². The summed E-state index contributed by atoms with van der Waals surface area (Å²) < 4.78 is 65.4. The number of nitrogens with one attached hydrogen (secondary N) is 1. The minimum Gasteiger partial charge on any atom is -0.378 e. The van der Waals surface area contributed by atoms with Gasteiger partial charge in [-0.1, -0.05) is 0 Å². The first-order valence-corrected chi connectivity index (χ1v) is 15.5. The largest absolute Gasteiger partial charge is 0.378 e. The number of hydrogen-bond donors (Lipinski definition) is 1. The summed E-state index contributed by atoms with van der Waals surface area (Å²) in [5, 5.41) is 3.02. The fraction of sp³-hybridized carbons (Fsp3) is 1.00. The van der Waals surface area contributed by atoms with Gasteiger partial charge in [-0.2, -0.15) is 0 Å². The van der Waals surface area contributed by atoms with Gasteiger partial charge >= 0.3 is 0 Å². The van der Waals surface area contributed by atoms with Crippen LogP contribution in [0.3, 0.4) is 0 Å². The smallest absolute Gasteiger partial charge is 0.0701 e. The summed E-state index contributed by atoms with van der Waals surface area (Å²) in [5.74, 6) is 0. The van der Waals surface area contributed by atoms with E-state index in [0.29, 0.717) is 152 Å². The highest BCUT2D eigenvalue weighted by atomic mass is 16.6. The van der Waals surface area contributed by atoms with Crippen LogP contribution in [-0.2, 0) is 56.8 Å². The standard InChI is InChI=1S/C29H62N2O12/c1-30-4-6-32-8-10-34-12-14-36-16-18-38-20-22-40-24-26-42-28-29-43-27-25-41-23-21-39-19-17-37-15-13-35-11-9-33-7-5-31(2)3/h30H,4-29H2,1-3H3. The van der Waals surface area contributed by atoms with Crippen LogP contribution in [0, 0.1) is 0 Å². The third-order valence-electron chi connectivity index (χ3n) is 5.27. The first-order valence-electron chi connectivity index (χ1n) is 15.5. The van der Waals surface area contributed by atoms with Crippen molar-refractivity contribution in [1.82, 2.24) is 10.2 Å². The number of ether oxygens (including phenoxy) is 12. The van der Waals surface area contributed by atoms with Gasteiger partial charge in [0.25, 0.3) is 0 Å². The number of hydrogen-bond acceptors (Lipinski definition) is 14. The van der Waals surface area contributed by atoms with Gasteiger partial charge in [0.15, 0.2) is 0 Å². The Morgan fingerprint density at radius 2 is 0.488 bits per heavy atom. The summed E-state index contributed by atoms with van der Waals surface area (Å²) in [6.07, 6.45) is 0. The summed E-state index contributed by atoms with van der Waals surface area (Å²) in [4.78, 5) is 2.08. The molecule has 0 aliphatic rings. The van der Waals surface area contributed by atoms with E-state index in [2.05, 4.69) is 10.2 Å². The Morgan fingerprint density at radius 1 is 0.302 bits per heavy atom. The van der Waals surface area contributed by atoms with Crippen LogP contribution in [0.5, 0.6) is 0 Å². The number of likely N-dealkylation sites (N-methyl/N-ethyl adjacent to an activating group) is 2. The maximum atomic E-state index is 5.48. The van der Waals surface area contributed by atoms with Gasteiger partial charge in [-0.15, -0.1) is 0 Å². The monoisotopic (exact) mass is 630 g/mol. The lowest BCUT2D eigenvalue weighted by molar-refractivity contribution is -0.0284. The van der Waals surface area contributed by atoms with Crippen LogP contribution >= 0.6 is 0 Å². The van der Waals surface area contributed by atoms with E-state index in [1.165, 1.54) is 0 Å². The molecule has 0 rings (SSSR count). The third-order valence-corrected chi connectivity index (χ3v) is 5.27. The van der Waals surface area contributed by atoms with Crippen molar-refractivity contribution in [2.45, 2.75) is 0 Å². The van der Waals surface area contributed by atoms with Gasteiger partial charge < -0.3 is 67.1 Å². The van der Waals surface area contributed by atoms with E-state index in [9.17, 15) is 0 Å². The zero-order valence-electron chi connectivity index (χ0n) is 27.2. The maximum absolute atomic E-state index is 5.48. The van der Waals surface area contributed by atoms with Crippen LogP contribution in [0.25, 0.3) is 0 Å². The number of nitrogens with zero attached hydrogens (tertiary/aromatic N) is 1. The Bertz CT molecular complexity index is 498. The normalized spacial score (nSPS) is 11.7.